The van der Waals surface area contributed by atoms with E-state index in [1.807, 2.05) is 0 Å². The fourth-order valence-electron chi connectivity index (χ4n) is 2.92. The molecule has 6 heterocycles. The van der Waals surface area contributed by atoms with Crippen molar-refractivity contribution >= 4 is 32.7 Å². The van der Waals surface area contributed by atoms with Crippen molar-refractivity contribution in [1.29, 1.82) is 0 Å². The van der Waals surface area contributed by atoms with Gasteiger partial charge in [-0.25, -0.2) is 15.3 Å². The van der Waals surface area contributed by atoms with Gasteiger partial charge in [0.25, 0.3) is 16.7 Å². The van der Waals surface area contributed by atoms with E-state index in [0.29, 0.717) is 0 Å². The van der Waals surface area contributed by atoms with Gasteiger partial charge in [-0.3, -0.25) is 29.3 Å². The zero-order valence-corrected chi connectivity index (χ0v) is 22.5. The Balaban J connectivity index is 0. The van der Waals surface area contributed by atoms with Crippen LogP contribution in [-0.4, -0.2) is 51.0 Å². The van der Waals surface area contributed by atoms with Crippen molar-refractivity contribution in [1.82, 2.24) is 45.5 Å². The smallest absolute Gasteiger partial charge is 0.856 e. The quantitative estimate of drug-likeness (QED) is 0.124. The Kier molecular flexibility index (Phi) is 16.1. The number of hydrogen-bond donors (Lipinski definition) is 3. The summed E-state index contributed by atoms with van der Waals surface area (Å²) >= 11 is 0. The number of H-pyrrole nitrogens is 3. The summed E-state index contributed by atoms with van der Waals surface area (Å²) in [4.78, 5) is 44.3. The second-order valence-corrected chi connectivity index (χ2v) is 6.77. The van der Waals surface area contributed by atoms with E-state index in [1.165, 1.54) is 36.8 Å². The molecule has 0 spiro atoms. The van der Waals surface area contributed by atoms with Crippen LogP contribution < -0.4 is 32.0 Å². The third kappa shape index (κ3) is 8.69. The van der Waals surface area contributed by atoms with E-state index in [4.69, 9.17) is 0 Å². The van der Waals surface area contributed by atoms with Gasteiger partial charge in [0.1, 0.15) is 0 Å². The molecule has 14 N–H and O–H groups in total. The number of nitrogens with one attached hydrogen (secondary N) is 3. The van der Waals surface area contributed by atoms with Gasteiger partial charge in [0.15, 0.2) is 0 Å². The van der Waals surface area contributed by atoms with Gasteiger partial charge in [-0.1, -0.05) is 0 Å². The maximum atomic E-state index is 11.0. The maximum absolute atomic E-state index is 11.0. The molecule has 0 aliphatic carbocycles. The van der Waals surface area contributed by atoms with E-state index in [-0.39, 0.29) is 93.2 Å². The maximum Gasteiger partial charge on any atom is 3.00 e. The van der Waals surface area contributed by atoms with Crippen LogP contribution in [0.5, 0.6) is 17.6 Å². The SMILES string of the molecule is O.O=c1[nH]nc([O-])c2ncccc12.O=c1[nH]nc([O-])c2ncccc12.O=c1[nH]nc([O-])c2ncccc12.[OH3+].[OH3+].[OH3+].[Tb+3]. The van der Waals surface area contributed by atoms with Gasteiger partial charge in [-0.15, -0.1) is 0 Å². The summed E-state index contributed by atoms with van der Waals surface area (Å²) in [6, 6.07) is 9.38. The van der Waals surface area contributed by atoms with E-state index in [0.717, 1.165) is 0 Å². The zero-order chi connectivity index (χ0) is 25.7. The Morgan fingerprint density at radius 2 is 0.756 bits per heavy atom. The minimum atomic E-state index is -0.509. The van der Waals surface area contributed by atoms with Crippen molar-refractivity contribution in [2.45, 2.75) is 0 Å². The number of aromatic amines is 3. The van der Waals surface area contributed by atoms with E-state index >= 15 is 0 Å². The van der Waals surface area contributed by atoms with E-state index < -0.39 is 34.3 Å². The minimum absolute atomic E-state index is 0. The standard InChI is InChI=1S/3C7H5N3O2.4H2O.Tb/c3*11-6-4-2-1-3-8-5(4)7(12)10-9-6;;;;;/h3*1-3H,(H,9,11)(H,10,12);4*1H2;/q;;;;;;;+3. The molecule has 0 aromatic carbocycles. The van der Waals surface area contributed by atoms with Crippen LogP contribution in [0.4, 0.5) is 0 Å². The van der Waals surface area contributed by atoms with Crippen LogP contribution in [0.2, 0.25) is 0 Å². The summed E-state index contributed by atoms with van der Waals surface area (Å²) < 4.78 is 0. The van der Waals surface area contributed by atoms with Gasteiger partial charge in [0, 0.05) is 36.2 Å². The predicted molar refractivity (Wildman–Crippen MR) is 137 cm³/mol. The largest absolute Gasteiger partial charge is 3.00 e. The van der Waals surface area contributed by atoms with Crippen LogP contribution in [0.3, 0.4) is 0 Å². The molecule has 0 atom stereocenters. The van der Waals surface area contributed by atoms with Crippen LogP contribution in [-0.2, 0) is 16.4 Å². The molecule has 0 fully saturated rings. The summed E-state index contributed by atoms with van der Waals surface area (Å²) in [6.45, 7) is 0. The minimum Gasteiger partial charge on any atom is -0.856 e. The number of rotatable bonds is 0. The molecular formula is C21H23N9O10Tb+3. The molecule has 0 unspecified atom stereocenters. The molecule has 20 heteroatoms. The third-order valence-corrected chi connectivity index (χ3v) is 4.54. The number of nitrogens with zero attached hydrogens (tertiary/aromatic N) is 6. The van der Waals surface area contributed by atoms with Crippen molar-refractivity contribution < 1.29 is 75.8 Å². The third-order valence-electron chi connectivity index (χ3n) is 4.54. The van der Waals surface area contributed by atoms with Crippen molar-refractivity contribution in [3.63, 3.8) is 0 Å². The Morgan fingerprint density at radius 3 is 0.976 bits per heavy atom. The number of pyridine rings is 3. The summed E-state index contributed by atoms with van der Waals surface area (Å²) in [5, 5.41) is 49.8. The second-order valence-electron chi connectivity index (χ2n) is 6.77. The molecule has 0 aliphatic heterocycles. The van der Waals surface area contributed by atoms with Crippen LogP contribution in [0.1, 0.15) is 0 Å². The number of fused-ring (bicyclic) bond motifs is 3. The summed E-state index contributed by atoms with van der Waals surface area (Å²) in [5.74, 6) is -1.53. The second kappa shape index (κ2) is 17.2. The first kappa shape index (κ1) is 38.5. The Hall–Kier alpha value is -4.60. The van der Waals surface area contributed by atoms with E-state index in [1.54, 1.807) is 18.2 Å². The average Bonchev–Trinajstić information content (AvgIpc) is 2.92. The molecule has 6 aromatic heterocycles. The van der Waals surface area contributed by atoms with E-state index in [9.17, 15) is 29.7 Å². The molecule has 41 heavy (non-hydrogen) atoms. The van der Waals surface area contributed by atoms with Gasteiger partial charge in [-0.05, 0) is 36.4 Å². The Morgan fingerprint density at radius 1 is 0.512 bits per heavy atom. The first-order valence-corrected chi connectivity index (χ1v) is 9.88. The van der Waals surface area contributed by atoms with Crippen molar-refractivity contribution in [3.8, 4) is 17.6 Å². The topological polar surface area (TPSA) is 376 Å². The van der Waals surface area contributed by atoms with Crippen molar-refractivity contribution in [3.05, 3.63) is 86.1 Å². The Bertz CT molecular complexity index is 1660. The zero-order valence-electron chi connectivity index (χ0n) is 20.4. The average molecular weight is 720 g/mol. The van der Waals surface area contributed by atoms with Gasteiger partial charge < -0.3 is 37.2 Å². The molecule has 0 aliphatic rings. The molecule has 0 bridgehead atoms. The van der Waals surface area contributed by atoms with Gasteiger partial charge in [-0.2, -0.15) is 15.3 Å². The first-order chi connectivity index (χ1) is 17.4. The summed E-state index contributed by atoms with van der Waals surface area (Å²) in [5.41, 5.74) is -0.836. The molecule has 0 saturated heterocycles. The van der Waals surface area contributed by atoms with Crippen LogP contribution in [0, 0.1) is 38.6 Å². The Labute approximate surface area is 256 Å². The molecule has 19 nitrogen and oxygen atoms in total. The molecule has 0 radical (unpaired) electrons. The van der Waals surface area contributed by atoms with Crippen LogP contribution >= 0.6 is 0 Å². The predicted octanol–water partition coefficient (Wildman–Crippen LogP) is -5.42. The molecule has 6 aromatic rings. The summed E-state index contributed by atoms with van der Waals surface area (Å²) in [6.07, 6.45) is 4.35. The fraction of sp³-hybridized carbons (Fsp3) is 0. The van der Waals surface area contributed by atoms with Crippen LogP contribution in [0.25, 0.3) is 32.7 Å². The van der Waals surface area contributed by atoms with Gasteiger partial charge in [0.2, 0.25) is 0 Å². The van der Waals surface area contributed by atoms with Gasteiger partial charge in [0.05, 0.1) is 32.7 Å². The first-order valence-electron chi connectivity index (χ1n) is 9.88. The normalized spacial score (nSPS) is 9.07. The molecule has 0 saturated carbocycles. The number of aromatic nitrogens is 9. The summed E-state index contributed by atoms with van der Waals surface area (Å²) in [7, 11) is 0. The molecule has 0 amide bonds. The molecular weight excluding hydrogens is 697 g/mol. The van der Waals surface area contributed by atoms with Crippen molar-refractivity contribution in [2.24, 2.45) is 0 Å². The van der Waals surface area contributed by atoms with Gasteiger partial charge >= 0.3 is 38.6 Å². The fourth-order valence-corrected chi connectivity index (χ4v) is 2.92. The van der Waals surface area contributed by atoms with Crippen LogP contribution in [0.15, 0.2) is 69.4 Å². The monoisotopic (exact) mass is 720 g/mol. The molecule has 218 valence electrons. The molecule has 6 rings (SSSR count). The van der Waals surface area contributed by atoms with E-state index in [2.05, 4.69) is 45.5 Å². The number of hydrogen-bond acceptors (Lipinski definition) is 12. The van der Waals surface area contributed by atoms with Crippen molar-refractivity contribution in [2.75, 3.05) is 0 Å².